The highest BCUT2D eigenvalue weighted by Gasteiger charge is 2.02. The molecule has 3 rings (SSSR count). The van der Waals surface area contributed by atoms with Crippen molar-refractivity contribution < 1.29 is 4.39 Å². The van der Waals surface area contributed by atoms with Crippen LogP contribution in [0.2, 0.25) is 0 Å². The van der Waals surface area contributed by atoms with E-state index in [1.165, 1.54) is 12.1 Å². The Hall–Kier alpha value is -2.20. The number of hydrogen-bond acceptors (Lipinski definition) is 3. The SMILES string of the molecule is Cc1nc(-c2ccc(NCc3ccc(F)cc3)cc2)cs1. The fourth-order valence-corrected chi connectivity index (χ4v) is 2.68. The Morgan fingerprint density at radius 2 is 1.76 bits per heavy atom. The molecule has 0 saturated carbocycles. The Labute approximate surface area is 127 Å². The summed E-state index contributed by atoms with van der Waals surface area (Å²) in [7, 11) is 0. The molecular formula is C17H15FN2S. The van der Waals surface area contributed by atoms with Gasteiger partial charge in [-0.2, -0.15) is 0 Å². The first-order valence-electron chi connectivity index (χ1n) is 6.71. The number of halogens is 1. The highest BCUT2D eigenvalue weighted by Crippen LogP contribution is 2.23. The summed E-state index contributed by atoms with van der Waals surface area (Å²) < 4.78 is 12.8. The molecule has 0 saturated heterocycles. The lowest BCUT2D eigenvalue weighted by Gasteiger charge is -2.07. The minimum Gasteiger partial charge on any atom is -0.381 e. The van der Waals surface area contributed by atoms with Gasteiger partial charge in [0.25, 0.3) is 0 Å². The lowest BCUT2D eigenvalue weighted by atomic mass is 10.1. The molecule has 0 bridgehead atoms. The van der Waals surface area contributed by atoms with Crippen molar-refractivity contribution in [2.24, 2.45) is 0 Å². The van der Waals surface area contributed by atoms with Crippen molar-refractivity contribution in [3.05, 3.63) is 70.3 Å². The minimum absolute atomic E-state index is 0.207. The van der Waals surface area contributed by atoms with Gasteiger partial charge in [0, 0.05) is 23.2 Å². The zero-order chi connectivity index (χ0) is 14.7. The molecule has 0 fully saturated rings. The van der Waals surface area contributed by atoms with Gasteiger partial charge in [0.15, 0.2) is 0 Å². The molecule has 0 amide bonds. The van der Waals surface area contributed by atoms with Crippen LogP contribution in [0.15, 0.2) is 53.9 Å². The monoisotopic (exact) mass is 298 g/mol. The topological polar surface area (TPSA) is 24.9 Å². The van der Waals surface area contributed by atoms with E-state index in [1.807, 2.05) is 19.1 Å². The lowest BCUT2D eigenvalue weighted by molar-refractivity contribution is 0.627. The minimum atomic E-state index is -0.207. The summed E-state index contributed by atoms with van der Waals surface area (Å²) in [6, 6.07) is 14.7. The lowest BCUT2D eigenvalue weighted by Crippen LogP contribution is -1.99. The van der Waals surface area contributed by atoms with Gasteiger partial charge in [-0.15, -0.1) is 11.3 Å². The third kappa shape index (κ3) is 3.47. The molecule has 1 heterocycles. The van der Waals surface area contributed by atoms with Gasteiger partial charge in [-0.1, -0.05) is 24.3 Å². The Bertz CT molecular complexity index is 717. The number of thiazole rings is 1. The molecule has 2 nitrogen and oxygen atoms in total. The van der Waals surface area contributed by atoms with Crippen LogP contribution >= 0.6 is 11.3 Å². The van der Waals surface area contributed by atoms with Gasteiger partial charge in [0.05, 0.1) is 10.7 Å². The molecule has 0 unspecified atom stereocenters. The van der Waals surface area contributed by atoms with Crippen molar-refractivity contribution >= 4 is 17.0 Å². The summed E-state index contributed by atoms with van der Waals surface area (Å²) in [5.41, 5.74) is 4.22. The zero-order valence-corrected chi connectivity index (χ0v) is 12.5. The van der Waals surface area contributed by atoms with Gasteiger partial charge in [0.2, 0.25) is 0 Å². The second kappa shape index (κ2) is 6.06. The fraction of sp³-hybridized carbons (Fsp3) is 0.118. The van der Waals surface area contributed by atoms with Gasteiger partial charge in [-0.3, -0.25) is 0 Å². The van der Waals surface area contributed by atoms with E-state index in [4.69, 9.17) is 0 Å². The maximum atomic E-state index is 12.8. The van der Waals surface area contributed by atoms with Crippen LogP contribution < -0.4 is 5.32 Å². The van der Waals surface area contributed by atoms with Crippen LogP contribution in [0, 0.1) is 12.7 Å². The van der Waals surface area contributed by atoms with Crippen LogP contribution in [-0.2, 0) is 6.54 Å². The van der Waals surface area contributed by atoms with Crippen LogP contribution in [0.3, 0.4) is 0 Å². The number of hydrogen-bond donors (Lipinski definition) is 1. The Kier molecular flexibility index (Phi) is 3.97. The van der Waals surface area contributed by atoms with Gasteiger partial charge < -0.3 is 5.32 Å². The third-order valence-corrected chi connectivity index (χ3v) is 3.98. The summed E-state index contributed by atoms with van der Waals surface area (Å²) in [5.74, 6) is -0.207. The van der Waals surface area contributed by atoms with E-state index >= 15 is 0 Å². The summed E-state index contributed by atoms with van der Waals surface area (Å²) in [4.78, 5) is 4.48. The number of benzene rings is 2. The molecule has 0 radical (unpaired) electrons. The van der Waals surface area contributed by atoms with Crippen LogP contribution in [-0.4, -0.2) is 4.98 Å². The van der Waals surface area contributed by atoms with E-state index in [1.54, 1.807) is 23.5 Å². The normalized spacial score (nSPS) is 10.6. The number of rotatable bonds is 4. The van der Waals surface area contributed by atoms with Crippen molar-refractivity contribution in [2.45, 2.75) is 13.5 Å². The molecule has 0 aliphatic heterocycles. The van der Waals surface area contributed by atoms with Gasteiger partial charge in [0.1, 0.15) is 5.82 Å². The standard InChI is InChI=1S/C17H15FN2S/c1-12-20-17(11-21-12)14-4-8-16(9-5-14)19-10-13-2-6-15(18)7-3-13/h2-9,11,19H,10H2,1H3. The molecule has 2 aromatic carbocycles. The largest absolute Gasteiger partial charge is 0.381 e. The first-order valence-corrected chi connectivity index (χ1v) is 7.59. The molecule has 3 aromatic rings. The molecule has 106 valence electrons. The van der Waals surface area contributed by atoms with E-state index in [2.05, 4.69) is 27.8 Å². The molecule has 21 heavy (non-hydrogen) atoms. The predicted molar refractivity (Wildman–Crippen MR) is 86.0 cm³/mol. The van der Waals surface area contributed by atoms with Crippen LogP contribution in [0.1, 0.15) is 10.6 Å². The van der Waals surface area contributed by atoms with E-state index < -0.39 is 0 Å². The molecule has 1 aromatic heterocycles. The molecule has 0 atom stereocenters. The molecule has 4 heteroatoms. The molecule has 0 aliphatic rings. The van der Waals surface area contributed by atoms with Gasteiger partial charge >= 0.3 is 0 Å². The second-order valence-corrected chi connectivity index (χ2v) is 5.87. The van der Waals surface area contributed by atoms with E-state index in [0.29, 0.717) is 6.54 Å². The maximum Gasteiger partial charge on any atom is 0.123 e. The van der Waals surface area contributed by atoms with Crippen LogP contribution in [0.25, 0.3) is 11.3 Å². The van der Waals surface area contributed by atoms with Crippen molar-refractivity contribution in [1.29, 1.82) is 0 Å². The third-order valence-electron chi connectivity index (χ3n) is 3.21. The molecule has 0 spiro atoms. The summed E-state index contributed by atoms with van der Waals surface area (Å²) in [6.45, 7) is 2.68. The van der Waals surface area contributed by atoms with Gasteiger partial charge in [-0.05, 0) is 36.8 Å². The average molecular weight is 298 g/mol. The van der Waals surface area contributed by atoms with Crippen molar-refractivity contribution in [1.82, 2.24) is 4.98 Å². The number of anilines is 1. The van der Waals surface area contributed by atoms with Crippen molar-refractivity contribution in [3.8, 4) is 11.3 Å². The van der Waals surface area contributed by atoms with Crippen molar-refractivity contribution in [2.75, 3.05) is 5.32 Å². The first kappa shape index (κ1) is 13.8. The first-order chi connectivity index (χ1) is 10.2. The number of aromatic nitrogens is 1. The Morgan fingerprint density at radius 1 is 1.05 bits per heavy atom. The van der Waals surface area contributed by atoms with Gasteiger partial charge in [-0.25, -0.2) is 9.37 Å². The second-order valence-electron chi connectivity index (χ2n) is 4.81. The van der Waals surface area contributed by atoms with Crippen LogP contribution in [0.4, 0.5) is 10.1 Å². The van der Waals surface area contributed by atoms with E-state index in [0.717, 1.165) is 27.5 Å². The Morgan fingerprint density at radius 3 is 2.38 bits per heavy atom. The zero-order valence-electron chi connectivity index (χ0n) is 11.6. The highest BCUT2D eigenvalue weighted by molar-refractivity contribution is 7.09. The summed E-state index contributed by atoms with van der Waals surface area (Å²) in [6.07, 6.45) is 0. The van der Waals surface area contributed by atoms with Crippen LogP contribution in [0.5, 0.6) is 0 Å². The average Bonchev–Trinajstić information content (AvgIpc) is 2.94. The quantitative estimate of drug-likeness (QED) is 0.743. The van der Waals surface area contributed by atoms with E-state index in [9.17, 15) is 4.39 Å². The maximum absolute atomic E-state index is 12.8. The van der Waals surface area contributed by atoms with E-state index in [-0.39, 0.29) is 5.82 Å². The number of nitrogens with one attached hydrogen (secondary N) is 1. The Balaban J connectivity index is 1.65. The number of aryl methyl sites for hydroxylation is 1. The molecule has 0 aliphatic carbocycles. The summed E-state index contributed by atoms with van der Waals surface area (Å²) in [5, 5.41) is 6.46. The molecule has 1 N–H and O–H groups in total. The highest BCUT2D eigenvalue weighted by atomic mass is 32.1. The summed E-state index contributed by atoms with van der Waals surface area (Å²) >= 11 is 1.65. The predicted octanol–water partition coefficient (Wildman–Crippen LogP) is 4.87. The van der Waals surface area contributed by atoms with Crippen molar-refractivity contribution in [3.63, 3.8) is 0 Å². The fourth-order valence-electron chi connectivity index (χ4n) is 2.06. The smallest absolute Gasteiger partial charge is 0.123 e. The molecular weight excluding hydrogens is 283 g/mol. The number of nitrogens with zero attached hydrogens (tertiary/aromatic N) is 1.